The molecule has 0 fully saturated rings. The predicted octanol–water partition coefficient (Wildman–Crippen LogP) is 6.61. The summed E-state index contributed by atoms with van der Waals surface area (Å²) in [7, 11) is 0. The molecule has 0 saturated heterocycles. The van der Waals surface area contributed by atoms with Crippen molar-refractivity contribution in [1.82, 2.24) is 4.98 Å². The van der Waals surface area contributed by atoms with Gasteiger partial charge >= 0.3 is 0 Å². The summed E-state index contributed by atoms with van der Waals surface area (Å²) in [6, 6.07) is 20.2. The lowest BCUT2D eigenvalue weighted by molar-refractivity contribution is -0.110. The van der Waals surface area contributed by atoms with Gasteiger partial charge in [-0.1, -0.05) is 18.7 Å². The minimum atomic E-state index is -0.684. The van der Waals surface area contributed by atoms with Crippen LogP contribution < -0.4 is 16.0 Å². The van der Waals surface area contributed by atoms with Crippen LogP contribution in [0.2, 0.25) is 0 Å². The zero-order valence-corrected chi connectivity index (χ0v) is 18.0. The third kappa shape index (κ3) is 4.31. The SMILES string of the molecule is C=C(Nc1cccc(Nc2ccc3c(c2)NC(=O)/C3=C\c2ccc[nH]2)c1)c1ccc(F)cc1F. The molecular formula is C27H20F2N4O. The van der Waals surface area contributed by atoms with Crippen LogP contribution in [0, 0.1) is 11.6 Å². The molecule has 4 aromatic rings. The van der Waals surface area contributed by atoms with E-state index in [0.717, 1.165) is 34.4 Å². The number of aromatic amines is 1. The molecule has 1 aliphatic heterocycles. The zero-order valence-electron chi connectivity index (χ0n) is 18.0. The minimum absolute atomic E-state index is 0.153. The van der Waals surface area contributed by atoms with E-state index in [-0.39, 0.29) is 11.5 Å². The van der Waals surface area contributed by atoms with Crippen molar-refractivity contribution >= 4 is 46.0 Å². The van der Waals surface area contributed by atoms with Crippen molar-refractivity contribution in [3.63, 3.8) is 0 Å². The lowest BCUT2D eigenvalue weighted by atomic mass is 10.1. The topological polar surface area (TPSA) is 68.9 Å². The molecule has 0 unspecified atom stereocenters. The van der Waals surface area contributed by atoms with Gasteiger partial charge in [-0.25, -0.2) is 8.78 Å². The van der Waals surface area contributed by atoms with Gasteiger partial charge < -0.3 is 20.9 Å². The molecule has 168 valence electrons. The summed E-state index contributed by atoms with van der Waals surface area (Å²) in [4.78, 5) is 15.5. The number of nitrogens with one attached hydrogen (secondary N) is 4. The smallest absolute Gasteiger partial charge is 0.256 e. The molecular weight excluding hydrogens is 434 g/mol. The van der Waals surface area contributed by atoms with Gasteiger partial charge in [-0.2, -0.15) is 0 Å². The van der Waals surface area contributed by atoms with Crippen LogP contribution in [0.25, 0.3) is 17.3 Å². The van der Waals surface area contributed by atoms with Gasteiger partial charge in [0.2, 0.25) is 0 Å². The molecule has 7 heteroatoms. The monoisotopic (exact) mass is 454 g/mol. The standard InChI is InChI=1S/C27H20F2N4O/c1-16(22-9-7-17(28)12-25(22)29)31-19-4-2-5-20(13-19)32-21-8-10-23-24(14-18-6-3-11-30-18)27(34)33-26(23)15-21/h2-15,30-32H,1H2,(H,33,34)/b24-14-. The quantitative estimate of drug-likeness (QED) is 0.248. The fourth-order valence-electron chi connectivity index (χ4n) is 3.82. The molecule has 34 heavy (non-hydrogen) atoms. The third-order valence-corrected chi connectivity index (χ3v) is 5.43. The Hall–Kier alpha value is -4.65. The van der Waals surface area contributed by atoms with Gasteiger partial charge in [0.1, 0.15) is 11.6 Å². The lowest BCUT2D eigenvalue weighted by Crippen LogP contribution is -2.03. The van der Waals surface area contributed by atoms with Crippen molar-refractivity contribution in [3.05, 3.63) is 114 Å². The Morgan fingerprint density at radius 2 is 1.74 bits per heavy atom. The van der Waals surface area contributed by atoms with Crippen molar-refractivity contribution in [1.29, 1.82) is 0 Å². The molecule has 4 N–H and O–H groups in total. The van der Waals surface area contributed by atoms with E-state index in [4.69, 9.17) is 0 Å². The Kier molecular flexibility index (Phi) is 5.43. The lowest BCUT2D eigenvalue weighted by Gasteiger charge is -2.13. The second-order valence-electron chi connectivity index (χ2n) is 7.83. The highest BCUT2D eigenvalue weighted by atomic mass is 19.1. The minimum Gasteiger partial charge on any atom is -0.362 e. The van der Waals surface area contributed by atoms with Gasteiger partial charge in [0.05, 0.1) is 11.3 Å². The Morgan fingerprint density at radius 1 is 0.912 bits per heavy atom. The number of carbonyl (C=O) groups excluding carboxylic acids is 1. The van der Waals surface area contributed by atoms with E-state index in [9.17, 15) is 13.6 Å². The first-order valence-corrected chi connectivity index (χ1v) is 10.6. The third-order valence-electron chi connectivity index (χ3n) is 5.43. The largest absolute Gasteiger partial charge is 0.362 e. The number of amides is 1. The Balaban J connectivity index is 1.33. The van der Waals surface area contributed by atoms with Crippen LogP contribution in [-0.4, -0.2) is 10.9 Å². The first-order valence-electron chi connectivity index (χ1n) is 10.6. The molecule has 0 aliphatic carbocycles. The second-order valence-corrected chi connectivity index (χ2v) is 7.83. The maximum Gasteiger partial charge on any atom is 0.256 e. The van der Waals surface area contributed by atoms with Gasteiger partial charge in [-0.05, 0) is 60.7 Å². The molecule has 0 radical (unpaired) electrons. The van der Waals surface area contributed by atoms with E-state index >= 15 is 0 Å². The summed E-state index contributed by atoms with van der Waals surface area (Å²) in [5.74, 6) is -1.48. The summed E-state index contributed by atoms with van der Waals surface area (Å²) >= 11 is 0. The second kappa shape index (κ2) is 8.71. The van der Waals surface area contributed by atoms with Crippen LogP contribution in [0.1, 0.15) is 16.8 Å². The van der Waals surface area contributed by atoms with Gasteiger partial charge in [-0.15, -0.1) is 0 Å². The highest BCUT2D eigenvalue weighted by Gasteiger charge is 2.24. The molecule has 1 aliphatic rings. The van der Waals surface area contributed by atoms with Crippen LogP contribution in [0.15, 0.2) is 85.6 Å². The maximum absolute atomic E-state index is 14.1. The van der Waals surface area contributed by atoms with Gasteiger partial charge in [0.15, 0.2) is 0 Å². The van der Waals surface area contributed by atoms with E-state index in [0.29, 0.717) is 17.0 Å². The van der Waals surface area contributed by atoms with Gasteiger partial charge in [-0.3, -0.25) is 4.79 Å². The van der Waals surface area contributed by atoms with Crippen LogP contribution >= 0.6 is 0 Å². The number of benzene rings is 3. The van der Waals surface area contributed by atoms with Crippen LogP contribution in [0.3, 0.4) is 0 Å². The number of H-pyrrole nitrogens is 1. The Bertz CT molecular complexity index is 1440. The fourth-order valence-corrected chi connectivity index (χ4v) is 3.82. The Morgan fingerprint density at radius 3 is 2.53 bits per heavy atom. The average molecular weight is 454 g/mol. The molecule has 5 nitrogen and oxygen atoms in total. The molecule has 1 aromatic heterocycles. The summed E-state index contributed by atoms with van der Waals surface area (Å²) < 4.78 is 27.2. The first-order chi connectivity index (χ1) is 16.5. The first kappa shape index (κ1) is 21.2. The van der Waals surface area contributed by atoms with Gasteiger partial charge in [0, 0.05) is 51.8 Å². The van der Waals surface area contributed by atoms with Crippen LogP contribution in [-0.2, 0) is 4.79 Å². The van der Waals surface area contributed by atoms with E-state index < -0.39 is 11.6 Å². The molecule has 0 atom stereocenters. The number of hydrogen-bond donors (Lipinski definition) is 4. The van der Waals surface area contributed by atoms with Crippen molar-refractivity contribution in [3.8, 4) is 0 Å². The van der Waals surface area contributed by atoms with E-state index in [1.165, 1.54) is 12.1 Å². The van der Waals surface area contributed by atoms with E-state index in [2.05, 4.69) is 27.5 Å². The van der Waals surface area contributed by atoms with Crippen molar-refractivity contribution < 1.29 is 13.6 Å². The molecule has 3 aromatic carbocycles. The number of rotatable bonds is 6. The zero-order chi connectivity index (χ0) is 23.7. The molecule has 0 bridgehead atoms. The maximum atomic E-state index is 14.1. The van der Waals surface area contributed by atoms with Crippen LogP contribution in [0.4, 0.5) is 31.5 Å². The number of fused-ring (bicyclic) bond motifs is 1. The molecule has 2 heterocycles. The molecule has 0 saturated carbocycles. The molecule has 1 amide bonds. The summed E-state index contributed by atoms with van der Waals surface area (Å²) in [6.45, 7) is 3.86. The van der Waals surface area contributed by atoms with Crippen molar-refractivity contribution in [2.24, 2.45) is 0 Å². The molecule has 5 rings (SSSR count). The number of hydrogen-bond acceptors (Lipinski definition) is 3. The number of halogens is 2. The van der Waals surface area contributed by atoms with Crippen LogP contribution in [0.5, 0.6) is 0 Å². The average Bonchev–Trinajstić information content (AvgIpc) is 3.42. The molecule has 0 spiro atoms. The predicted molar refractivity (Wildman–Crippen MR) is 132 cm³/mol. The fraction of sp³-hybridized carbons (Fsp3) is 0. The summed E-state index contributed by atoms with van der Waals surface area (Å²) in [5.41, 5.74) is 5.77. The summed E-state index contributed by atoms with van der Waals surface area (Å²) in [6.07, 6.45) is 3.63. The highest BCUT2D eigenvalue weighted by Crippen LogP contribution is 2.36. The van der Waals surface area contributed by atoms with E-state index in [1.54, 1.807) is 0 Å². The summed E-state index contributed by atoms with van der Waals surface area (Å²) in [5, 5.41) is 9.27. The number of carbonyl (C=O) groups is 1. The van der Waals surface area contributed by atoms with Crippen molar-refractivity contribution in [2.45, 2.75) is 0 Å². The normalized spacial score (nSPS) is 13.5. The Labute approximate surface area is 194 Å². The van der Waals surface area contributed by atoms with Crippen molar-refractivity contribution in [2.75, 3.05) is 16.0 Å². The highest BCUT2D eigenvalue weighted by molar-refractivity contribution is 6.35. The van der Waals surface area contributed by atoms with E-state index in [1.807, 2.05) is 66.9 Å². The number of anilines is 4. The van der Waals surface area contributed by atoms with Gasteiger partial charge in [0.25, 0.3) is 5.91 Å². The number of aromatic nitrogens is 1.